The van der Waals surface area contributed by atoms with E-state index in [2.05, 4.69) is 252 Å². The summed E-state index contributed by atoms with van der Waals surface area (Å²) in [5, 5.41) is 3.90. The molecule has 0 unspecified atom stereocenters. The Hall–Kier alpha value is -7.88. The van der Waals surface area contributed by atoms with Gasteiger partial charge in [0.15, 0.2) is 0 Å². The minimum Gasteiger partial charge on any atom is -0.310 e. The number of fused-ring (bicyclic) bond motifs is 3. The zero-order valence-electron chi connectivity index (χ0n) is 34.9. The van der Waals surface area contributed by atoms with Gasteiger partial charge in [0.1, 0.15) is 0 Å². The van der Waals surface area contributed by atoms with Crippen molar-refractivity contribution in [2.45, 2.75) is 19.8 Å². The molecular weight excluding hydrogens is 751 g/mol. The molecule has 0 aliphatic heterocycles. The molecule has 3 heteroatoms. The molecule has 0 amide bonds. The normalized spacial score (nSPS) is 12.1. The first-order chi connectivity index (χ1) is 30.7. The molecule has 0 N–H and O–H groups in total. The summed E-state index contributed by atoms with van der Waals surface area (Å²) in [4.78, 5) is 4.74. The van der Waals surface area contributed by atoms with E-state index in [9.17, 15) is 0 Å². The topological polar surface area (TPSA) is 11.4 Å². The summed E-state index contributed by atoms with van der Waals surface area (Å²) in [5.41, 5.74) is 15.8. The van der Waals surface area contributed by atoms with E-state index in [0.717, 1.165) is 74.8 Å². The number of hydrogen-bond donors (Lipinski definition) is 0. The third-order valence-corrected chi connectivity index (χ3v) is 11.9. The number of allylic oxidation sites excluding steroid dienone is 1. The molecule has 0 fully saturated rings. The fraction of sp³-hybridized carbons (Fsp3) is 0.0508. The van der Waals surface area contributed by atoms with Crippen LogP contribution in [0, 0.1) is 0 Å². The van der Waals surface area contributed by atoms with Crippen molar-refractivity contribution < 1.29 is 0 Å². The van der Waals surface area contributed by atoms with Gasteiger partial charge in [0.05, 0.1) is 16.9 Å². The molecule has 0 spiro atoms. The SMILES string of the molecule is C=Cc1ccc(N(c2ccccc2)c2ccccc2-c2ccc(N(c3ccccc3)c3ccccc3-c3ccc4c5c(n(-c6ccccc6)c4c3)=CCCC=5)cc2)cc1/C=C\C. The van der Waals surface area contributed by atoms with Crippen molar-refractivity contribution in [3.8, 4) is 27.9 Å². The van der Waals surface area contributed by atoms with Crippen molar-refractivity contribution in [2.75, 3.05) is 9.80 Å². The average molecular weight is 798 g/mol. The zero-order valence-corrected chi connectivity index (χ0v) is 34.9. The molecule has 1 aliphatic carbocycles. The van der Waals surface area contributed by atoms with E-state index in [1.165, 1.54) is 32.7 Å². The van der Waals surface area contributed by atoms with Gasteiger partial charge in [0.2, 0.25) is 0 Å². The highest BCUT2D eigenvalue weighted by Gasteiger charge is 2.21. The van der Waals surface area contributed by atoms with Gasteiger partial charge in [0, 0.05) is 55.5 Å². The zero-order chi connectivity index (χ0) is 41.8. The Labute approximate surface area is 364 Å². The lowest BCUT2D eigenvalue weighted by molar-refractivity contribution is 1.02. The van der Waals surface area contributed by atoms with Crippen LogP contribution in [0.4, 0.5) is 34.1 Å². The summed E-state index contributed by atoms with van der Waals surface area (Å²) in [6.45, 7) is 6.13. The van der Waals surface area contributed by atoms with Crippen molar-refractivity contribution in [1.82, 2.24) is 4.57 Å². The highest BCUT2D eigenvalue weighted by Crippen LogP contribution is 2.44. The summed E-state index contributed by atoms with van der Waals surface area (Å²) in [6.07, 6.45) is 13.1. The third kappa shape index (κ3) is 7.14. The average Bonchev–Trinajstić information content (AvgIpc) is 3.67. The van der Waals surface area contributed by atoms with Crippen LogP contribution in [0.5, 0.6) is 0 Å². The lowest BCUT2D eigenvalue weighted by atomic mass is 9.98. The Morgan fingerprint density at radius 3 is 1.66 bits per heavy atom. The van der Waals surface area contributed by atoms with E-state index in [1.807, 2.05) is 6.08 Å². The summed E-state index contributed by atoms with van der Waals surface area (Å²) < 4.78 is 2.44. The first-order valence-electron chi connectivity index (χ1n) is 21.5. The Morgan fingerprint density at radius 1 is 0.484 bits per heavy atom. The molecule has 0 saturated carbocycles. The summed E-state index contributed by atoms with van der Waals surface area (Å²) in [6, 6.07) is 72.2. The van der Waals surface area contributed by atoms with Gasteiger partial charge >= 0.3 is 0 Å². The monoisotopic (exact) mass is 797 g/mol. The molecule has 298 valence electrons. The second-order valence-electron chi connectivity index (χ2n) is 15.6. The summed E-state index contributed by atoms with van der Waals surface area (Å²) in [5.74, 6) is 0. The fourth-order valence-corrected chi connectivity index (χ4v) is 9.05. The van der Waals surface area contributed by atoms with Crippen LogP contribution in [0.1, 0.15) is 30.9 Å². The van der Waals surface area contributed by atoms with Crippen molar-refractivity contribution >= 4 is 69.3 Å². The fourth-order valence-electron chi connectivity index (χ4n) is 9.05. The molecule has 0 radical (unpaired) electrons. The number of nitrogens with zero attached hydrogens (tertiary/aromatic N) is 3. The van der Waals surface area contributed by atoms with Crippen molar-refractivity contribution in [2.24, 2.45) is 0 Å². The molecule has 1 heterocycles. The van der Waals surface area contributed by atoms with Crippen LogP contribution in [0.3, 0.4) is 0 Å². The number of hydrogen-bond acceptors (Lipinski definition) is 2. The highest BCUT2D eigenvalue weighted by atomic mass is 15.2. The first-order valence-corrected chi connectivity index (χ1v) is 21.5. The second-order valence-corrected chi connectivity index (χ2v) is 15.6. The molecular formula is C59H47N3. The highest BCUT2D eigenvalue weighted by molar-refractivity contribution is 5.95. The van der Waals surface area contributed by atoms with E-state index in [-0.39, 0.29) is 0 Å². The first kappa shape index (κ1) is 38.3. The van der Waals surface area contributed by atoms with Gasteiger partial charge < -0.3 is 14.4 Å². The summed E-state index contributed by atoms with van der Waals surface area (Å²) >= 11 is 0. The van der Waals surface area contributed by atoms with Crippen LogP contribution in [0.25, 0.3) is 63.1 Å². The maximum Gasteiger partial charge on any atom is 0.0547 e. The van der Waals surface area contributed by atoms with Crippen molar-refractivity contribution in [3.05, 3.63) is 235 Å². The maximum absolute atomic E-state index is 4.08. The van der Waals surface area contributed by atoms with Gasteiger partial charge in [-0.2, -0.15) is 0 Å². The van der Waals surface area contributed by atoms with E-state index < -0.39 is 0 Å². The lowest BCUT2D eigenvalue weighted by Crippen LogP contribution is -2.30. The maximum atomic E-state index is 4.08. The quantitative estimate of drug-likeness (QED) is 0.129. The van der Waals surface area contributed by atoms with Gasteiger partial charge in [-0.05, 0) is 121 Å². The van der Waals surface area contributed by atoms with Crippen LogP contribution >= 0.6 is 0 Å². The van der Waals surface area contributed by atoms with Gasteiger partial charge in [-0.15, -0.1) is 0 Å². The molecule has 62 heavy (non-hydrogen) atoms. The number of rotatable bonds is 11. The van der Waals surface area contributed by atoms with E-state index in [4.69, 9.17) is 0 Å². The molecule has 9 aromatic rings. The van der Waals surface area contributed by atoms with Crippen molar-refractivity contribution in [1.29, 1.82) is 0 Å². The van der Waals surface area contributed by atoms with Crippen LogP contribution in [0.2, 0.25) is 0 Å². The Kier molecular flexibility index (Phi) is 10.5. The van der Waals surface area contributed by atoms with Crippen LogP contribution < -0.4 is 20.4 Å². The predicted molar refractivity (Wildman–Crippen MR) is 266 cm³/mol. The summed E-state index contributed by atoms with van der Waals surface area (Å²) in [7, 11) is 0. The Bertz CT molecular complexity index is 3200. The van der Waals surface area contributed by atoms with E-state index in [0.29, 0.717) is 0 Å². The molecule has 1 aromatic heterocycles. The Balaban J connectivity index is 1.09. The predicted octanol–water partition coefficient (Wildman–Crippen LogP) is 14.9. The van der Waals surface area contributed by atoms with Gasteiger partial charge in [-0.1, -0.05) is 158 Å². The van der Waals surface area contributed by atoms with Crippen LogP contribution in [-0.2, 0) is 0 Å². The molecule has 10 rings (SSSR count). The third-order valence-electron chi connectivity index (χ3n) is 11.9. The molecule has 8 aromatic carbocycles. The molecule has 0 bridgehead atoms. The van der Waals surface area contributed by atoms with Crippen LogP contribution in [-0.4, -0.2) is 4.57 Å². The van der Waals surface area contributed by atoms with Crippen LogP contribution in [0.15, 0.2) is 213 Å². The molecule has 0 saturated heterocycles. The molecule has 1 aliphatic rings. The van der Waals surface area contributed by atoms with E-state index in [1.54, 1.807) is 0 Å². The second kappa shape index (κ2) is 17.0. The van der Waals surface area contributed by atoms with Gasteiger partial charge in [-0.25, -0.2) is 0 Å². The standard InChI is InChI=1S/C59H47N3/c1-3-20-45-41-51(39-33-43(45)4-2)61(48-23-10-6-11-24-48)56-30-17-14-27-52(56)44-34-37-50(38-35-44)60(47-21-8-5-9-22-47)57-31-18-15-28-53(57)46-36-40-55-54-29-16-19-32-58(54)62(59(55)42-46)49-25-12-7-13-26-49/h3-15,17-18,20-42H,2,16,19H2,1H3/b20-3-. The van der Waals surface area contributed by atoms with Gasteiger partial charge in [0.25, 0.3) is 0 Å². The lowest BCUT2D eigenvalue weighted by Gasteiger charge is -2.29. The minimum atomic E-state index is 1.05. The molecule has 3 nitrogen and oxygen atoms in total. The Morgan fingerprint density at radius 2 is 1.02 bits per heavy atom. The smallest absolute Gasteiger partial charge is 0.0547 e. The number of benzene rings is 8. The number of para-hydroxylation sites is 5. The number of anilines is 6. The van der Waals surface area contributed by atoms with Gasteiger partial charge in [-0.3, -0.25) is 0 Å². The molecule has 0 atom stereocenters. The minimum absolute atomic E-state index is 1.05. The van der Waals surface area contributed by atoms with Crippen molar-refractivity contribution in [3.63, 3.8) is 0 Å². The van der Waals surface area contributed by atoms with E-state index >= 15 is 0 Å². The number of aromatic nitrogens is 1. The largest absolute Gasteiger partial charge is 0.310 e.